The molecule has 0 bridgehead atoms. The van der Waals surface area contributed by atoms with E-state index in [-0.39, 0.29) is 0 Å². The largest absolute Gasteiger partial charge is 0.497 e. The lowest BCUT2D eigenvalue weighted by Gasteiger charge is -2.07. The molecular formula is C14H16BrNO3S2. The molecule has 1 aromatic carbocycles. The van der Waals surface area contributed by atoms with Gasteiger partial charge in [0.25, 0.3) is 0 Å². The quantitative estimate of drug-likeness (QED) is 0.823. The number of thiophene rings is 1. The fourth-order valence-corrected chi connectivity index (χ4v) is 5.34. The van der Waals surface area contributed by atoms with E-state index in [1.165, 1.54) is 11.3 Å². The van der Waals surface area contributed by atoms with Crippen molar-refractivity contribution in [2.75, 3.05) is 13.7 Å². The first-order valence-corrected chi connectivity index (χ1v) is 9.40. The second-order valence-electron chi connectivity index (χ2n) is 4.47. The van der Waals surface area contributed by atoms with Gasteiger partial charge in [-0.15, -0.1) is 11.3 Å². The Balaban J connectivity index is 1.97. The van der Waals surface area contributed by atoms with E-state index in [2.05, 4.69) is 20.7 Å². The molecule has 0 amide bonds. The Morgan fingerprint density at radius 2 is 1.95 bits per heavy atom. The van der Waals surface area contributed by atoms with Gasteiger partial charge in [0.2, 0.25) is 10.0 Å². The summed E-state index contributed by atoms with van der Waals surface area (Å²) in [4.78, 5) is 1.12. The number of rotatable bonds is 6. The van der Waals surface area contributed by atoms with E-state index in [1.807, 2.05) is 24.3 Å². The maximum absolute atomic E-state index is 12.2. The lowest BCUT2D eigenvalue weighted by molar-refractivity contribution is 0.414. The molecule has 0 aliphatic heterocycles. The Kier molecular flexibility index (Phi) is 5.43. The van der Waals surface area contributed by atoms with E-state index in [0.29, 0.717) is 17.9 Å². The van der Waals surface area contributed by atoms with E-state index >= 15 is 0 Å². The van der Waals surface area contributed by atoms with E-state index in [9.17, 15) is 8.42 Å². The van der Waals surface area contributed by atoms with Crippen molar-refractivity contribution >= 4 is 37.3 Å². The van der Waals surface area contributed by atoms with Crippen LogP contribution in [0, 0.1) is 6.92 Å². The Bertz CT molecular complexity index is 708. The first kappa shape index (κ1) is 16.5. The molecule has 0 aliphatic rings. The molecule has 0 atom stereocenters. The second-order valence-corrected chi connectivity index (χ2v) is 8.84. The molecule has 4 nitrogen and oxygen atoms in total. The zero-order valence-electron chi connectivity index (χ0n) is 11.7. The molecule has 7 heteroatoms. The molecule has 2 rings (SSSR count). The van der Waals surface area contributed by atoms with Crippen LogP contribution in [0.1, 0.15) is 10.4 Å². The summed E-state index contributed by atoms with van der Waals surface area (Å²) in [6.45, 7) is 2.16. The lowest BCUT2D eigenvalue weighted by atomic mass is 10.1. The summed E-state index contributed by atoms with van der Waals surface area (Å²) < 4.78 is 33.0. The fourth-order valence-electron chi connectivity index (χ4n) is 1.90. The normalized spacial score (nSPS) is 11.6. The van der Waals surface area contributed by atoms with Gasteiger partial charge in [0.1, 0.15) is 5.75 Å². The van der Waals surface area contributed by atoms with E-state index in [4.69, 9.17) is 4.74 Å². The van der Waals surface area contributed by atoms with Gasteiger partial charge in [0.05, 0.1) is 15.8 Å². The Morgan fingerprint density at radius 1 is 1.29 bits per heavy atom. The van der Waals surface area contributed by atoms with Crippen LogP contribution in [-0.4, -0.2) is 22.1 Å². The first-order chi connectivity index (χ1) is 9.92. The van der Waals surface area contributed by atoms with Crippen LogP contribution in [-0.2, 0) is 16.4 Å². The fraction of sp³-hybridized carbons (Fsp3) is 0.286. The van der Waals surface area contributed by atoms with Crippen LogP contribution >= 0.6 is 27.3 Å². The molecule has 0 fully saturated rings. The maximum Gasteiger partial charge on any atom is 0.241 e. The average molecular weight is 390 g/mol. The van der Waals surface area contributed by atoms with Crippen LogP contribution in [0.4, 0.5) is 0 Å². The standard InChI is InChI=1S/C14H16BrNO3S2/c1-10-13(9-14(15)20-10)21(17,18)16-8-7-11-3-5-12(19-2)6-4-11/h3-6,9,16H,7-8H2,1-2H3. The van der Waals surface area contributed by atoms with Crippen molar-refractivity contribution < 1.29 is 13.2 Å². The van der Waals surface area contributed by atoms with Crippen molar-refractivity contribution in [1.29, 1.82) is 0 Å². The van der Waals surface area contributed by atoms with Gasteiger partial charge < -0.3 is 4.74 Å². The molecule has 1 aromatic heterocycles. The van der Waals surface area contributed by atoms with Crippen molar-refractivity contribution in [1.82, 2.24) is 4.72 Å². The molecule has 0 spiro atoms. The highest BCUT2D eigenvalue weighted by Gasteiger charge is 2.18. The predicted molar refractivity (Wildman–Crippen MR) is 88.6 cm³/mol. The summed E-state index contributed by atoms with van der Waals surface area (Å²) in [7, 11) is -1.83. The Labute approximate surface area is 137 Å². The van der Waals surface area contributed by atoms with Crippen LogP contribution in [0.3, 0.4) is 0 Å². The Hall–Kier alpha value is -0.890. The summed E-state index contributed by atoms with van der Waals surface area (Å²) in [5.74, 6) is 0.790. The SMILES string of the molecule is COc1ccc(CCNS(=O)(=O)c2cc(Br)sc2C)cc1. The van der Waals surface area contributed by atoms with Crippen molar-refractivity contribution in [3.63, 3.8) is 0 Å². The van der Waals surface area contributed by atoms with E-state index in [0.717, 1.165) is 20.0 Å². The smallest absolute Gasteiger partial charge is 0.241 e. The summed E-state index contributed by atoms with van der Waals surface area (Å²) in [5, 5.41) is 0. The van der Waals surface area contributed by atoms with Gasteiger partial charge in [-0.25, -0.2) is 13.1 Å². The highest BCUT2D eigenvalue weighted by atomic mass is 79.9. The third-order valence-electron chi connectivity index (χ3n) is 3.00. The number of methoxy groups -OCH3 is 1. The van der Waals surface area contributed by atoms with Gasteiger partial charge in [-0.1, -0.05) is 12.1 Å². The second kappa shape index (κ2) is 6.91. The summed E-state index contributed by atoms with van der Waals surface area (Å²) >= 11 is 4.72. The molecule has 0 saturated heterocycles. The minimum absolute atomic E-state index is 0.342. The third-order valence-corrected chi connectivity index (χ3v) is 6.27. The number of ether oxygens (including phenoxy) is 1. The zero-order chi connectivity index (χ0) is 15.5. The number of sulfonamides is 1. The number of halogens is 1. The van der Waals surface area contributed by atoms with Crippen molar-refractivity contribution in [2.45, 2.75) is 18.2 Å². The summed E-state index contributed by atoms with van der Waals surface area (Å²) in [6.07, 6.45) is 0.633. The summed E-state index contributed by atoms with van der Waals surface area (Å²) in [6, 6.07) is 9.22. The average Bonchev–Trinajstić information content (AvgIpc) is 2.79. The Morgan fingerprint density at radius 3 is 2.48 bits per heavy atom. The maximum atomic E-state index is 12.2. The van der Waals surface area contributed by atoms with Crippen molar-refractivity contribution in [3.05, 3.63) is 44.6 Å². The van der Waals surface area contributed by atoms with Crippen LogP contribution in [0.15, 0.2) is 39.0 Å². The van der Waals surface area contributed by atoms with Gasteiger partial charge in [-0.3, -0.25) is 0 Å². The number of hydrogen-bond acceptors (Lipinski definition) is 4. The third kappa shape index (κ3) is 4.29. The van der Waals surface area contributed by atoms with Gasteiger partial charge in [0, 0.05) is 11.4 Å². The van der Waals surface area contributed by atoms with Gasteiger partial charge in [0.15, 0.2) is 0 Å². The van der Waals surface area contributed by atoms with E-state index in [1.54, 1.807) is 20.1 Å². The first-order valence-electron chi connectivity index (χ1n) is 6.31. The molecular weight excluding hydrogens is 374 g/mol. The molecule has 0 radical (unpaired) electrons. The molecule has 0 unspecified atom stereocenters. The molecule has 2 aromatic rings. The highest BCUT2D eigenvalue weighted by Crippen LogP contribution is 2.29. The number of nitrogens with one attached hydrogen (secondary N) is 1. The lowest BCUT2D eigenvalue weighted by Crippen LogP contribution is -2.26. The number of benzene rings is 1. The molecule has 1 N–H and O–H groups in total. The molecule has 1 heterocycles. The molecule has 0 saturated carbocycles. The van der Waals surface area contributed by atoms with Crippen LogP contribution in [0.5, 0.6) is 5.75 Å². The van der Waals surface area contributed by atoms with Crippen LogP contribution in [0.2, 0.25) is 0 Å². The van der Waals surface area contributed by atoms with Crippen molar-refractivity contribution in [3.8, 4) is 5.75 Å². The summed E-state index contributed by atoms with van der Waals surface area (Å²) in [5.41, 5.74) is 1.06. The number of aryl methyl sites for hydroxylation is 1. The van der Waals surface area contributed by atoms with Crippen LogP contribution in [0.25, 0.3) is 0 Å². The highest BCUT2D eigenvalue weighted by molar-refractivity contribution is 9.11. The van der Waals surface area contributed by atoms with Gasteiger partial charge >= 0.3 is 0 Å². The van der Waals surface area contributed by atoms with E-state index < -0.39 is 10.0 Å². The predicted octanol–water partition coefficient (Wildman–Crippen LogP) is 3.35. The zero-order valence-corrected chi connectivity index (χ0v) is 14.9. The van der Waals surface area contributed by atoms with Gasteiger partial charge in [-0.05, 0) is 53.0 Å². The molecule has 21 heavy (non-hydrogen) atoms. The monoisotopic (exact) mass is 389 g/mol. The van der Waals surface area contributed by atoms with Gasteiger partial charge in [-0.2, -0.15) is 0 Å². The topological polar surface area (TPSA) is 55.4 Å². The minimum atomic E-state index is -3.45. The van der Waals surface area contributed by atoms with Crippen molar-refractivity contribution in [2.24, 2.45) is 0 Å². The molecule has 114 valence electrons. The minimum Gasteiger partial charge on any atom is -0.497 e. The number of hydrogen-bond donors (Lipinski definition) is 1. The van der Waals surface area contributed by atoms with Crippen LogP contribution < -0.4 is 9.46 Å². The molecule has 0 aliphatic carbocycles.